The fourth-order valence-electron chi connectivity index (χ4n) is 4.36. The first-order chi connectivity index (χ1) is 13.0. The highest BCUT2D eigenvalue weighted by atomic mass is 16.5. The molecule has 3 rings (SSSR count). The molecule has 1 N–H and O–H groups in total. The number of piperidine rings is 1. The Labute approximate surface area is 162 Å². The number of nitrogens with one attached hydrogen (secondary N) is 1. The van der Waals surface area contributed by atoms with Gasteiger partial charge >= 0.3 is 6.09 Å². The van der Waals surface area contributed by atoms with E-state index in [1.54, 1.807) is 6.92 Å². The predicted molar refractivity (Wildman–Crippen MR) is 106 cm³/mol. The first-order valence-corrected chi connectivity index (χ1v) is 10.2. The van der Waals surface area contributed by atoms with Crippen LogP contribution in [-0.4, -0.2) is 43.1 Å². The minimum Gasteiger partial charge on any atom is -0.450 e. The maximum Gasteiger partial charge on any atom is 0.407 e. The van der Waals surface area contributed by atoms with Gasteiger partial charge in [-0.15, -0.1) is 0 Å². The van der Waals surface area contributed by atoms with E-state index in [4.69, 9.17) is 4.74 Å². The molecule has 1 saturated heterocycles. The number of likely N-dealkylation sites (tertiary alicyclic amines) is 1. The number of fused-ring (bicyclic) bond motifs is 1. The normalized spacial score (nSPS) is 24.5. The summed E-state index contributed by atoms with van der Waals surface area (Å²) in [4.78, 5) is 26.3. The van der Waals surface area contributed by atoms with Crippen LogP contribution in [0.15, 0.2) is 24.3 Å². The van der Waals surface area contributed by atoms with E-state index in [2.05, 4.69) is 43.4 Å². The number of hydrogen-bond donors (Lipinski definition) is 1. The highest BCUT2D eigenvalue weighted by Gasteiger charge is 2.57. The Kier molecular flexibility index (Phi) is 6.08. The summed E-state index contributed by atoms with van der Waals surface area (Å²) in [5.74, 6) is 2.34. The molecular weight excluding hydrogens is 340 g/mol. The van der Waals surface area contributed by atoms with Gasteiger partial charge < -0.3 is 15.0 Å². The van der Waals surface area contributed by atoms with Gasteiger partial charge in [0.2, 0.25) is 5.91 Å². The number of alkyl carbamates (subject to hydrolysis) is 1. The Morgan fingerprint density at radius 3 is 2.30 bits per heavy atom. The Bertz CT molecular complexity index is 659. The molecule has 1 unspecified atom stereocenters. The Hall–Kier alpha value is -2.04. The highest BCUT2D eigenvalue weighted by Crippen LogP contribution is 2.58. The summed E-state index contributed by atoms with van der Waals surface area (Å²) in [6.07, 6.45) is 0.273. The molecule has 1 aliphatic carbocycles. The lowest BCUT2D eigenvalue weighted by molar-refractivity contribution is -0.135. The molecule has 1 aromatic carbocycles. The van der Waals surface area contributed by atoms with Crippen LogP contribution in [0.3, 0.4) is 0 Å². The number of carbonyl (C=O) groups excluding carboxylic acids is 2. The lowest BCUT2D eigenvalue weighted by Crippen LogP contribution is -2.41. The number of rotatable bonds is 7. The van der Waals surface area contributed by atoms with Gasteiger partial charge in [-0.2, -0.15) is 0 Å². The molecule has 1 saturated carbocycles. The molecule has 0 bridgehead atoms. The van der Waals surface area contributed by atoms with Crippen molar-refractivity contribution < 1.29 is 14.3 Å². The van der Waals surface area contributed by atoms with Crippen molar-refractivity contribution in [2.24, 2.45) is 17.8 Å². The van der Waals surface area contributed by atoms with Gasteiger partial charge in [-0.25, -0.2) is 4.79 Å². The molecule has 0 aromatic heterocycles. The number of benzene rings is 1. The van der Waals surface area contributed by atoms with Gasteiger partial charge in [0.1, 0.15) is 0 Å². The molecule has 1 aliphatic heterocycles. The average molecular weight is 373 g/mol. The third kappa shape index (κ3) is 4.28. The summed E-state index contributed by atoms with van der Waals surface area (Å²) in [7, 11) is 0. The highest BCUT2D eigenvalue weighted by molar-refractivity contribution is 5.80. The molecule has 0 radical (unpaired) electrons. The van der Waals surface area contributed by atoms with Crippen molar-refractivity contribution in [1.82, 2.24) is 10.2 Å². The quantitative estimate of drug-likeness (QED) is 0.793. The fourth-order valence-corrected chi connectivity index (χ4v) is 4.36. The zero-order chi connectivity index (χ0) is 19.6. The Morgan fingerprint density at radius 1 is 1.15 bits per heavy atom. The molecular formula is C22H32N2O3. The van der Waals surface area contributed by atoms with E-state index in [1.807, 2.05) is 11.8 Å². The van der Waals surface area contributed by atoms with Crippen LogP contribution in [0.25, 0.3) is 0 Å². The van der Waals surface area contributed by atoms with Crippen LogP contribution in [0.4, 0.5) is 4.79 Å². The van der Waals surface area contributed by atoms with Crippen molar-refractivity contribution in [2.45, 2.75) is 46.0 Å². The lowest BCUT2D eigenvalue weighted by atomic mass is 9.99. The predicted octanol–water partition coefficient (Wildman–Crippen LogP) is 3.75. The van der Waals surface area contributed by atoms with Crippen LogP contribution in [0.5, 0.6) is 0 Å². The van der Waals surface area contributed by atoms with Crippen LogP contribution in [0, 0.1) is 17.8 Å². The summed E-state index contributed by atoms with van der Waals surface area (Å²) >= 11 is 0. The summed E-state index contributed by atoms with van der Waals surface area (Å²) in [5.41, 5.74) is 2.79. The molecule has 4 atom stereocenters. The van der Waals surface area contributed by atoms with Gasteiger partial charge in [-0.3, -0.25) is 4.79 Å². The SMILES string of the molecule is CCOC(=O)NC[C@@H](CC)C(=O)N1C[C@@H]2C(c3ccc(C(C)C)cc3)[C@@H]2C1. The number of amides is 2. The largest absolute Gasteiger partial charge is 0.450 e. The zero-order valence-corrected chi connectivity index (χ0v) is 16.9. The van der Waals surface area contributed by atoms with Crippen LogP contribution >= 0.6 is 0 Å². The van der Waals surface area contributed by atoms with Gasteiger partial charge in [0.25, 0.3) is 0 Å². The maximum atomic E-state index is 12.8. The number of ether oxygens (including phenoxy) is 1. The third-order valence-corrected chi connectivity index (χ3v) is 6.10. The molecule has 5 nitrogen and oxygen atoms in total. The third-order valence-electron chi connectivity index (χ3n) is 6.10. The molecule has 2 aliphatic rings. The zero-order valence-electron chi connectivity index (χ0n) is 16.9. The van der Waals surface area contributed by atoms with Gasteiger partial charge in [0.15, 0.2) is 0 Å². The lowest BCUT2D eigenvalue weighted by Gasteiger charge is -2.25. The van der Waals surface area contributed by atoms with Gasteiger partial charge in [-0.05, 0) is 48.1 Å². The second-order valence-electron chi connectivity index (χ2n) is 8.12. The summed E-state index contributed by atoms with van der Waals surface area (Å²) in [5, 5.41) is 2.70. The van der Waals surface area contributed by atoms with Gasteiger partial charge in [0, 0.05) is 19.6 Å². The van der Waals surface area contributed by atoms with E-state index < -0.39 is 6.09 Å². The molecule has 148 valence electrons. The second kappa shape index (κ2) is 8.32. The molecule has 2 fully saturated rings. The topological polar surface area (TPSA) is 58.6 Å². The smallest absolute Gasteiger partial charge is 0.407 e. The average Bonchev–Trinajstić information content (AvgIpc) is 3.15. The monoisotopic (exact) mass is 372 g/mol. The molecule has 0 spiro atoms. The fraction of sp³-hybridized carbons (Fsp3) is 0.636. The van der Waals surface area contributed by atoms with Crippen molar-refractivity contribution in [3.63, 3.8) is 0 Å². The van der Waals surface area contributed by atoms with Crippen molar-refractivity contribution in [1.29, 1.82) is 0 Å². The number of hydrogen-bond acceptors (Lipinski definition) is 3. The van der Waals surface area contributed by atoms with Gasteiger partial charge in [0.05, 0.1) is 12.5 Å². The van der Waals surface area contributed by atoms with Crippen molar-refractivity contribution in [3.05, 3.63) is 35.4 Å². The second-order valence-corrected chi connectivity index (χ2v) is 8.12. The first-order valence-electron chi connectivity index (χ1n) is 10.2. The molecule has 1 aromatic rings. The maximum absolute atomic E-state index is 12.8. The van der Waals surface area contributed by atoms with Crippen LogP contribution in [0.2, 0.25) is 0 Å². The van der Waals surface area contributed by atoms with E-state index in [1.165, 1.54) is 11.1 Å². The Balaban J connectivity index is 1.51. The van der Waals surface area contributed by atoms with Crippen molar-refractivity contribution >= 4 is 12.0 Å². The van der Waals surface area contributed by atoms with E-state index in [9.17, 15) is 9.59 Å². The Morgan fingerprint density at radius 2 is 1.78 bits per heavy atom. The van der Waals surface area contributed by atoms with E-state index >= 15 is 0 Å². The molecule has 2 amide bonds. The van der Waals surface area contributed by atoms with Crippen molar-refractivity contribution in [3.8, 4) is 0 Å². The number of carbonyl (C=O) groups is 2. The molecule has 1 heterocycles. The van der Waals surface area contributed by atoms with E-state index in [0.717, 1.165) is 19.5 Å². The summed E-state index contributed by atoms with van der Waals surface area (Å²) in [6, 6.07) is 9.02. The van der Waals surface area contributed by atoms with Crippen LogP contribution in [0.1, 0.15) is 57.1 Å². The molecule has 27 heavy (non-hydrogen) atoms. The van der Waals surface area contributed by atoms with E-state index in [0.29, 0.717) is 36.8 Å². The van der Waals surface area contributed by atoms with Crippen LogP contribution in [-0.2, 0) is 9.53 Å². The van der Waals surface area contributed by atoms with Crippen LogP contribution < -0.4 is 5.32 Å². The standard InChI is InChI=1S/C22H32N2O3/c1-5-15(11-23-22(26)27-6-2)21(25)24-12-18-19(13-24)20(18)17-9-7-16(8-10-17)14(3)4/h7-10,14-15,18-20H,5-6,11-13H2,1-4H3,(H,23,26)/t15-,18-,19+,20?/m1/s1. The van der Waals surface area contributed by atoms with E-state index in [-0.39, 0.29) is 11.8 Å². The van der Waals surface area contributed by atoms with Crippen molar-refractivity contribution in [2.75, 3.05) is 26.2 Å². The molecule has 5 heteroatoms. The minimum absolute atomic E-state index is 0.162. The van der Waals surface area contributed by atoms with Gasteiger partial charge in [-0.1, -0.05) is 45.0 Å². The first kappa shape index (κ1) is 19.7. The summed E-state index contributed by atoms with van der Waals surface area (Å²) < 4.78 is 4.88. The number of nitrogens with zero attached hydrogens (tertiary/aromatic N) is 1. The minimum atomic E-state index is -0.446. The summed E-state index contributed by atoms with van der Waals surface area (Å²) in [6.45, 7) is 10.6.